The first kappa shape index (κ1) is 23.6. The predicted octanol–water partition coefficient (Wildman–Crippen LogP) is 3.33. The van der Waals surface area contributed by atoms with Crippen LogP contribution in [0.5, 0.6) is 11.5 Å². The molecule has 160 valence electrons. The van der Waals surface area contributed by atoms with Gasteiger partial charge in [0, 0.05) is 31.9 Å². The molecular formula is C21H29ClN2O4S. The number of nitrogens with zero attached hydrogens (tertiary/aromatic N) is 1. The summed E-state index contributed by atoms with van der Waals surface area (Å²) in [6, 6.07) is 10.4. The van der Waals surface area contributed by atoms with E-state index < -0.39 is 17.3 Å². The van der Waals surface area contributed by atoms with Gasteiger partial charge in [0.2, 0.25) is 0 Å². The molecule has 0 saturated heterocycles. The number of phenols is 1. The number of rotatable bonds is 11. The van der Waals surface area contributed by atoms with Gasteiger partial charge in [0.05, 0.1) is 18.2 Å². The van der Waals surface area contributed by atoms with Crippen LogP contribution in [0.2, 0.25) is 5.02 Å². The third-order valence-corrected chi connectivity index (χ3v) is 5.93. The van der Waals surface area contributed by atoms with Crippen LogP contribution in [-0.4, -0.2) is 54.8 Å². The molecule has 0 amide bonds. The fraction of sp³-hybridized carbons (Fsp3) is 0.429. The lowest BCUT2D eigenvalue weighted by molar-refractivity contribution is 0.174. The summed E-state index contributed by atoms with van der Waals surface area (Å²) >= 11 is 4.87. The molecule has 2 unspecified atom stereocenters. The van der Waals surface area contributed by atoms with Crippen molar-refractivity contribution in [1.82, 2.24) is 5.32 Å². The molecule has 2 aromatic carbocycles. The van der Waals surface area contributed by atoms with Crippen molar-refractivity contribution in [1.29, 1.82) is 0 Å². The molecule has 2 rings (SSSR count). The Morgan fingerprint density at radius 3 is 2.66 bits per heavy atom. The highest BCUT2D eigenvalue weighted by Gasteiger charge is 2.15. The van der Waals surface area contributed by atoms with Crippen molar-refractivity contribution in [3.63, 3.8) is 0 Å². The van der Waals surface area contributed by atoms with Crippen LogP contribution < -0.4 is 15.0 Å². The van der Waals surface area contributed by atoms with Crippen molar-refractivity contribution in [3.8, 4) is 11.5 Å². The summed E-state index contributed by atoms with van der Waals surface area (Å²) in [7, 11) is 3.62. The largest absolute Gasteiger partial charge is 0.612 e. The van der Waals surface area contributed by atoms with Crippen LogP contribution in [0.25, 0.3) is 0 Å². The third kappa shape index (κ3) is 6.97. The number of aromatic hydroxyl groups is 1. The van der Waals surface area contributed by atoms with Crippen molar-refractivity contribution in [2.45, 2.75) is 23.8 Å². The number of phenolic OH excluding ortho intramolecular Hbond substituents is 1. The third-order valence-electron chi connectivity index (χ3n) is 4.69. The first-order valence-corrected chi connectivity index (χ1v) is 11.4. The quantitative estimate of drug-likeness (QED) is 0.367. The van der Waals surface area contributed by atoms with E-state index in [4.69, 9.17) is 16.3 Å². The standard InChI is InChI=1S/C21H29ClN2O4S/c1-24(16-7-9-20(28-2)17(22)13-16)11-5-4-10-23-14-19(26)15-6-8-18(25)21(12-15)29(3)27/h6-9,12-13,19,23,25-26H,4-5,10-11,14H2,1-3H3. The highest BCUT2D eigenvalue weighted by Crippen LogP contribution is 2.29. The van der Waals surface area contributed by atoms with Gasteiger partial charge in [0.15, 0.2) is 10.6 Å². The first-order chi connectivity index (χ1) is 13.8. The fourth-order valence-electron chi connectivity index (χ4n) is 2.95. The maximum Gasteiger partial charge on any atom is 0.194 e. The molecule has 0 aromatic heterocycles. The number of aliphatic hydroxyl groups excluding tert-OH is 1. The van der Waals surface area contributed by atoms with Crippen molar-refractivity contribution >= 4 is 28.5 Å². The second-order valence-electron chi connectivity index (χ2n) is 6.85. The van der Waals surface area contributed by atoms with Crippen LogP contribution >= 0.6 is 11.6 Å². The van der Waals surface area contributed by atoms with E-state index in [-0.39, 0.29) is 5.75 Å². The van der Waals surface area contributed by atoms with Gasteiger partial charge in [0.1, 0.15) is 12.0 Å². The zero-order chi connectivity index (χ0) is 21.4. The summed E-state index contributed by atoms with van der Waals surface area (Å²) < 4.78 is 16.8. The zero-order valence-electron chi connectivity index (χ0n) is 17.0. The van der Waals surface area contributed by atoms with Gasteiger partial charge in [-0.25, -0.2) is 0 Å². The Labute approximate surface area is 180 Å². The smallest absolute Gasteiger partial charge is 0.194 e. The zero-order valence-corrected chi connectivity index (χ0v) is 18.6. The van der Waals surface area contributed by atoms with E-state index in [0.29, 0.717) is 27.8 Å². The van der Waals surface area contributed by atoms with Crippen molar-refractivity contribution in [2.75, 3.05) is 44.9 Å². The van der Waals surface area contributed by atoms with Crippen LogP contribution in [0.15, 0.2) is 41.3 Å². The predicted molar refractivity (Wildman–Crippen MR) is 119 cm³/mol. The second-order valence-corrected chi connectivity index (χ2v) is 8.60. The van der Waals surface area contributed by atoms with E-state index in [1.807, 2.05) is 25.2 Å². The molecule has 0 bridgehead atoms. The van der Waals surface area contributed by atoms with E-state index in [0.717, 1.165) is 31.6 Å². The topological polar surface area (TPSA) is 88.0 Å². The van der Waals surface area contributed by atoms with Gasteiger partial charge < -0.3 is 29.7 Å². The number of hydrogen-bond donors (Lipinski definition) is 3. The molecule has 0 spiro atoms. The lowest BCUT2D eigenvalue weighted by atomic mass is 10.1. The van der Waals surface area contributed by atoms with E-state index >= 15 is 0 Å². The van der Waals surface area contributed by atoms with E-state index in [2.05, 4.69) is 10.2 Å². The van der Waals surface area contributed by atoms with E-state index in [1.54, 1.807) is 19.2 Å². The molecular weight excluding hydrogens is 412 g/mol. The maximum absolute atomic E-state index is 11.6. The molecule has 0 radical (unpaired) electrons. The Hall–Kier alpha value is -1.64. The number of nitrogens with one attached hydrogen (secondary N) is 1. The minimum Gasteiger partial charge on any atom is -0.612 e. The van der Waals surface area contributed by atoms with E-state index in [1.165, 1.54) is 12.3 Å². The van der Waals surface area contributed by atoms with Gasteiger partial charge in [-0.2, -0.15) is 0 Å². The number of anilines is 1. The molecule has 0 fully saturated rings. The van der Waals surface area contributed by atoms with Crippen LogP contribution in [0.3, 0.4) is 0 Å². The number of benzene rings is 2. The summed E-state index contributed by atoms with van der Waals surface area (Å²) in [5.41, 5.74) is 1.67. The summed E-state index contributed by atoms with van der Waals surface area (Å²) in [4.78, 5) is 2.48. The van der Waals surface area contributed by atoms with Crippen LogP contribution in [-0.2, 0) is 11.2 Å². The van der Waals surface area contributed by atoms with Gasteiger partial charge in [-0.1, -0.05) is 17.7 Å². The molecule has 2 atom stereocenters. The lowest BCUT2D eigenvalue weighted by Gasteiger charge is -2.20. The van der Waals surface area contributed by atoms with Crippen LogP contribution in [0.4, 0.5) is 5.69 Å². The normalized spacial score (nSPS) is 13.2. The highest BCUT2D eigenvalue weighted by atomic mass is 35.5. The summed E-state index contributed by atoms with van der Waals surface area (Å²) in [6.45, 7) is 2.06. The number of halogens is 1. The Kier molecular flexibility index (Phi) is 9.39. The summed E-state index contributed by atoms with van der Waals surface area (Å²) in [5, 5.41) is 23.9. The van der Waals surface area contributed by atoms with Gasteiger partial charge in [-0.15, -0.1) is 0 Å². The molecule has 0 aliphatic rings. The molecule has 0 aliphatic heterocycles. The van der Waals surface area contributed by atoms with Crippen LogP contribution in [0.1, 0.15) is 24.5 Å². The first-order valence-electron chi connectivity index (χ1n) is 9.43. The number of ether oxygens (including phenoxy) is 1. The molecule has 8 heteroatoms. The molecule has 0 aliphatic carbocycles. The number of unbranched alkanes of at least 4 members (excludes halogenated alkanes) is 1. The Bertz CT molecular complexity index is 791. The second kappa shape index (κ2) is 11.5. The van der Waals surface area contributed by atoms with Gasteiger partial charge in [0.25, 0.3) is 0 Å². The summed E-state index contributed by atoms with van der Waals surface area (Å²) in [5.74, 6) is 0.648. The molecule has 29 heavy (non-hydrogen) atoms. The van der Waals surface area contributed by atoms with Crippen molar-refractivity contribution < 1.29 is 19.5 Å². The highest BCUT2D eigenvalue weighted by molar-refractivity contribution is 7.90. The monoisotopic (exact) mass is 440 g/mol. The van der Waals surface area contributed by atoms with Gasteiger partial charge in [-0.3, -0.25) is 0 Å². The van der Waals surface area contributed by atoms with Crippen molar-refractivity contribution in [2.24, 2.45) is 0 Å². The van der Waals surface area contributed by atoms with E-state index in [9.17, 15) is 14.8 Å². The molecule has 3 N–H and O–H groups in total. The molecule has 2 aromatic rings. The fourth-order valence-corrected chi connectivity index (χ4v) is 3.86. The Balaban J connectivity index is 1.70. The molecule has 6 nitrogen and oxygen atoms in total. The number of aliphatic hydroxyl groups is 1. The maximum atomic E-state index is 11.6. The average molecular weight is 441 g/mol. The minimum atomic E-state index is -1.30. The van der Waals surface area contributed by atoms with Crippen molar-refractivity contribution in [3.05, 3.63) is 47.0 Å². The Morgan fingerprint density at radius 2 is 2.00 bits per heavy atom. The lowest BCUT2D eigenvalue weighted by Crippen LogP contribution is -2.24. The molecule has 0 saturated carbocycles. The Morgan fingerprint density at radius 1 is 1.24 bits per heavy atom. The SMILES string of the molecule is COc1ccc(N(C)CCCCNCC(O)c2ccc(O)c([S+](C)[O-])c2)cc1Cl. The number of methoxy groups -OCH3 is 1. The minimum absolute atomic E-state index is 0.0167. The average Bonchev–Trinajstić information content (AvgIpc) is 2.70. The number of hydrogen-bond acceptors (Lipinski definition) is 6. The van der Waals surface area contributed by atoms with Crippen LogP contribution in [0, 0.1) is 0 Å². The van der Waals surface area contributed by atoms with Gasteiger partial charge in [-0.05, 0) is 60.4 Å². The molecule has 0 heterocycles. The summed E-state index contributed by atoms with van der Waals surface area (Å²) in [6.07, 6.45) is 2.73. The van der Waals surface area contributed by atoms with Gasteiger partial charge >= 0.3 is 0 Å².